The second-order valence-electron chi connectivity index (χ2n) is 4.34. The van der Waals surface area contributed by atoms with Gasteiger partial charge in [-0.05, 0) is 12.1 Å². The Labute approximate surface area is 129 Å². The topological polar surface area (TPSA) is 125 Å². The fourth-order valence-electron chi connectivity index (χ4n) is 1.76. The molecule has 0 bridgehead atoms. The summed E-state index contributed by atoms with van der Waals surface area (Å²) >= 11 is 5.92. The molecule has 9 heteroatoms. The Bertz CT molecular complexity index is 667. The van der Waals surface area contributed by atoms with Crippen molar-refractivity contribution < 1.29 is 25.7 Å². The fraction of sp³-hybridized carbons (Fsp3) is 0. The van der Waals surface area contributed by atoms with Crippen LogP contribution in [-0.2, 0) is 0 Å². The highest BCUT2D eigenvalue weighted by Crippen LogP contribution is 2.22. The predicted octanol–water partition coefficient (Wildman–Crippen LogP) is 0.399. The molecule has 2 atom stereocenters. The lowest BCUT2D eigenvalue weighted by Crippen LogP contribution is -3.00. The van der Waals surface area contributed by atoms with Gasteiger partial charge in [-0.15, -0.1) is 0 Å². The molecule has 0 saturated carbocycles. The van der Waals surface area contributed by atoms with Crippen molar-refractivity contribution in [3.63, 3.8) is 0 Å². The summed E-state index contributed by atoms with van der Waals surface area (Å²) in [7, 11) is 0. The summed E-state index contributed by atoms with van der Waals surface area (Å²) in [4.78, 5) is 12.2. The quantitative estimate of drug-likeness (QED) is 0.520. The minimum Gasteiger partial charge on any atom is -0.595 e. The largest absolute Gasteiger partial charge is 0.595 e. The molecule has 0 aliphatic carbocycles. The summed E-state index contributed by atoms with van der Waals surface area (Å²) in [6, 6.07) is 9.68. The van der Waals surface area contributed by atoms with Crippen molar-refractivity contribution in [3.8, 4) is 0 Å². The molecular weight excluding hydrogens is 314 g/mol. The van der Waals surface area contributed by atoms with Gasteiger partial charge in [0.2, 0.25) is 0 Å². The third kappa shape index (κ3) is 3.78. The molecular formula is C13H12ClN3O5. The molecule has 5 N–H and O–H groups in total. The Morgan fingerprint density at radius 3 is 2.09 bits per heavy atom. The minimum atomic E-state index is -1.32. The number of rotatable bonds is 4. The molecule has 8 nitrogen and oxygen atoms in total. The molecule has 0 aliphatic rings. The third-order valence-corrected chi connectivity index (χ3v) is 3.14. The average Bonchev–Trinajstić information content (AvgIpc) is 2.49. The minimum absolute atomic E-state index is 0.0859. The monoisotopic (exact) mass is 325 g/mol. The number of hydrogen-bond donors (Lipinski definition) is 5. The van der Waals surface area contributed by atoms with E-state index in [4.69, 9.17) is 22.0 Å². The third-order valence-electron chi connectivity index (χ3n) is 2.81. The van der Waals surface area contributed by atoms with Gasteiger partial charge < -0.3 is 15.7 Å². The van der Waals surface area contributed by atoms with Gasteiger partial charge in [0, 0.05) is 12.1 Å². The molecule has 0 saturated heterocycles. The van der Waals surface area contributed by atoms with Gasteiger partial charge in [-0.2, -0.15) is 10.5 Å². The van der Waals surface area contributed by atoms with Crippen molar-refractivity contribution in [1.82, 2.24) is 0 Å². The summed E-state index contributed by atoms with van der Waals surface area (Å²) in [6.07, 6.45) is 0. The zero-order valence-electron chi connectivity index (χ0n) is 11.0. The number of benzene rings is 2. The Morgan fingerprint density at radius 1 is 1.05 bits per heavy atom. The maximum absolute atomic E-state index is 12.2. The van der Waals surface area contributed by atoms with Crippen LogP contribution in [0.1, 0.15) is 10.4 Å². The van der Waals surface area contributed by atoms with E-state index in [1.807, 2.05) is 0 Å². The molecule has 0 fully saturated rings. The normalized spacial score (nSPS) is 13.5. The molecule has 0 aliphatic heterocycles. The van der Waals surface area contributed by atoms with Gasteiger partial charge in [-0.25, -0.2) is 10.4 Å². The van der Waals surface area contributed by atoms with Gasteiger partial charge >= 0.3 is 0 Å². The fourth-order valence-corrected chi connectivity index (χ4v) is 1.95. The average molecular weight is 326 g/mol. The number of amides is 1. The number of quaternary nitrogens is 2. The Kier molecular flexibility index (Phi) is 5.06. The first-order chi connectivity index (χ1) is 10.4. The summed E-state index contributed by atoms with van der Waals surface area (Å²) in [5.74, 6) is -0.654. The highest BCUT2D eigenvalue weighted by Gasteiger charge is 2.16. The van der Waals surface area contributed by atoms with E-state index < -0.39 is 16.4 Å². The second-order valence-corrected chi connectivity index (χ2v) is 4.75. The number of nitrogens with one attached hydrogen (secondary N) is 3. The van der Waals surface area contributed by atoms with Crippen LogP contribution in [-0.4, -0.2) is 16.3 Å². The van der Waals surface area contributed by atoms with Crippen LogP contribution in [0.15, 0.2) is 42.5 Å². The van der Waals surface area contributed by atoms with E-state index in [0.29, 0.717) is 10.7 Å². The van der Waals surface area contributed by atoms with E-state index in [2.05, 4.69) is 5.32 Å². The van der Waals surface area contributed by atoms with Gasteiger partial charge in [-0.3, -0.25) is 4.79 Å². The van der Waals surface area contributed by atoms with Crippen molar-refractivity contribution in [1.29, 1.82) is 0 Å². The van der Waals surface area contributed by atoms with E-state index in [-0.39, 0.29) is 16.9 Å². The van der Waals surface area contributed by atoms with Crippen molar-refractivity contribution in [2.45, 2.75) is 0 Å². The van der Waals surface area contributed by atoms with Gasteiger partial charge in [-0.1, -0.05) is 23.7 Å². The molecule has 22 heavy (non-hydrogen) atoms. The molecule has 0 aromatic heterocycles. The standard InChI is InChI=1S/C13H12ClN3O5/c14-11-3-1-2-4-12(11)15-13(18)8-5-9(16(19)20)7-10(6-8)17(21)22/h1-7,16-17,19,21H,(H,15,18). The van der Waals surface area contributed by atoms with Gasteiger partial charge in [0.05, 0.1) is 22.3 Å². The number of para-hydroxylation sites is 1. The maximum atomic E-state index is 12.2. The SMILES string of the molecule is O=C(Nc1ccccc1Cl)c1cc([NH+]([O-])O)cc([NH+]([O-])O)c1. The van der Waals surface area contributed by atoms with E-state index >= 15 is 0 Å². The number of halogens is 1. The molecule has 116 valence electrons. The Balaban J connectivity index is 2.34. The van der Waals surface area contributed by atoms with Crippen LogP contribution < -0.4 is 15.8 Å². The van der Waals surface area contributed by atoms with Gasteiger partial charge in [0.25, 0.3) is 5.91 Å². The molecule has 2 aromatic rings. The lowest BCUT2D eigenvalue weighted by Gasteiger charge is -2.17. The number of carbonyl (C=O) groups is 1. The molecule has 0 heterocycles. The lowest BCUT2D eigenvalue weighted by molar-refractivity contribution is -0.996. The van der Waals surface area contributed by atoms with E-state index in [9.17, 15) is 15.2 Å². The van der Waals surface area contributed by atoms with Crippen molar-refractivity contribution >= 4 is 34.6 Å². The molecule has 2 unspecified atom stereocenters. The highest BCUT2D eigenvalue weighted by molar-refractivity contribution is 6.33. The summed E-state index contributed by atoms with van der Waals surface area (Å²) in [5, 5.41) is 40.2. The number of carbonyl (C=O) groups excluding carboxylic acids is 1. The Morgan fingerprint density at radius 2 is 1.59 bits per heavy atom. The van der Waals surface area contributed by atoms with Crippen LogP contribution in [0.4, 0.5) is 17.1 Å². The second kappa shape index (κ2) is 6.81. The van der Waals surface area contributed by atoms with E-state index in [1.54, 1.807) is 24.3 Å². The Hall–Kier alpha value is -2.04. The number of anilines is 1. The van der Waals surface area contributed by atoms with Gasteiger partial charge in [0.1, 0.15) is 0 Å². The van der Waals surface area contributed by atoms with E-state index in [1.165, 1.54) is 0 Å². The van der Waals surface area contributed by atoms with Gasteiger partial charge in [0.15, 0.2) is 11.4 Å². The van der Waals surface area contributed by atoms with Crippen molar-refractivity contribution in [3.05, 3.63) is 63.5 Å². The number of hydrogen-bond acceptors (Lipinski definition) is 5. The molecule has 0 spiro atoms. The molecule has 2 aromatic carbocycles. The van der Waals surface area contributed by atoms with Crippen LogP contribution in [0.5, 0.6) is 0 Å². The molecule has 1 amide bonds. The van der Waals surface area contributed by atoms with E-state index in [0.717, 1.165) is 18.2 Å². The summed E-state index contributed by atoms with van der Waals surface area (Å²) < 4.78 is 0. The first kappa shape index (κ1) is 16.3. The molecule has 0 radical (unpaired) electrons. The zero-order valence-corrected chi connectivity index (χ0v) is 11.8. The van der Waals surface area contributed by atoms with Crippen molar-refractivity contribution in [2.75, 3.05) is 5.32 Å². The lowest BCUT2D eigenvalue weighted by atomic mass is 10.1. The van der Waals surface area contributed by atoms with Crippen LogP contribution in [0.25, 0.3) is 0 Å². The van der Waals surface area contributed by atoms with Crippen LogP contribution in [0.2, 0.25) is 5.02 Å². The molecule has 2 rings (SSSR count). The van der Waals surface area contributed by atoms with Crippen molar-refractivity contribution in [2.24, 2.45) is 0 Å². The van der Waals surface area contributed by atoms with Crippen LogP contribution in [0.3, 0.4) is 0 Å². The van der Waals surface area contributed by atoms with Crippen LogP contribution in [0, 0.1) is 10.4 Å². The maximum Gasteiger partial charge on any atom is 0.256 e. The first-order valence-electron chi connectivity index (χ1n) is 6.06. The first-order valence-corrected chi connectivity index (χ1v) is 6.44. The summed E-state index contributed by atoms with van der Waals surface area (Å²) in [5.41, 5.74) is -0.322. The highest BCUT2D eigenvalue weighted by atomic mass is 35.5. The predicted molar refractivity (Wildman–Crippen MR) is 77.4 cm³/mol. The summed E-state index contributed by atoms with van der Waals surface area (Å²) in [6.45, 7) is 0. The smallest absolute Gasteiger partial charge is 0.256 e. The zero-order chi connectivity index (χ0) is 16.3. The van der Waals surface area contributed by atoms with Crippen LogP contribution >= 0.6 is 11.6 Å².